The molecule has 4 aliphatic carbocycles. The molecule has 0 spiro atoms. The van der Waals surface area contributed by atoms with E-state index < -0.39 is 16.1 Å². The van der Waals surface area contributed by atoms with Crippen LogP contribution in [0.4, 0.5) is 0 Å². The van der Waals surface area contributed by atoms with Gasteiger partial charge in [-0.3, -0.25) is 4.79 Å². The molecule has 26 heavy (non-hydrogen) atoms. The average molecular weight is 383 g/mol. The number of sulfonamides is 1. The van der Waals surface area contributed by atoms with E-state index in [2.05, 4.69) is 5.32 Å². The van der Waals surface area contributed by atoms with E-state index in [9.17, 15) is 13.2 Å². The average Bonchev–Trinajstić information content (AvgIpc) is 3.04. The molecule has 1 aliphatic heterocycles. The molecular weight excluding hydrogens is 348 g/mol. The highest BCUT2D eigenvalue weighted by atomic mass is 32.2. The molecule has 5 fully saturated rings. The lowest BCUT2D eigenvalue weighted by Gasteiger charge is -2.57. The van der Waals surface area contributed by atoms with Crippen molar-refractivity contribution in [2.75, 3.05) is 18.8 Å². The molecule has 0 aromatic rings. The van der Waals surface area contributed by atoms with Gasteiger partial charge >= 0.3 is 0 Å². The van der Waals surface area contributed by atoms with Gasteiger partial charge < -0.3 is 5.32 Å². The highest BCUT2D eigenvalue weighted by Gasteiger charge is 2.50. The van der Waals surface area contributed by atoms with Crippen LogP contribution in [0.25, 0.3) is 0 Å². The largest absolute Gasteiger partial charge is 0.355 e. The van der Waals surface area contributed by atoms with Crippen LogP contribution in [0.1, 0.15) is 71.1 Å². The fourth-order valence-corrected chi connectivity index (χ4v) is 8.62. The predicted molar refractivity (Wildman–Crippen MR) is 102 cm³/mol. The molecule has 5 rings (SSSR count). The molecule has 6 heteroatoms. The van der Waals surface area contributed by atoms with E-state index in [0.717, 1.165) is 30.6 Å². The lowest BCUT2D eigenvalue weighted by atomic mass is 9.49. The van der Waals surface area contributed by atoms with Crippen molar-refractivity contribution in [1.82, 2.24) is 9.62 Å². The molecule has 4 bridgehead atoms. The molecule has 0 aromatic carbocycles. The number of carbonyl (C=O) groups is 1. The monoisotopic (exact) mass is 382 g/mol. The highest BCUT2D eigenvalue weighted by molar-refractivity contribution is 7.89. The Balaban J connectivity index is 1.31. The number of amides is 1. The van der Waals surface area contributed by atoms with E-state index in [1.165, 1.54) is 42.8 Å². The second-order valence-corrected chi connectivity index (χ2v) is 11.6. The van der Waals surface area contributed by atoms with Gasteiger partial charge in [0.25, 0.3) is 0 Å². The number of hydrogen-bond donors (Lipinski definition) is 1. The summed E-state index contributed by atoms with van der Waals surface area (Å²) in [4.78, 5) is 12.7. The molecule has 1 saturated heterocycles. The van der Waals surface area contributed by atoms with Crippen LogP contribution in [0.2, 0.25) is 0 Å². The number of rotatable bonds is 7. The first-order chi connectivity index (χ1) is 12.4. The van der Waals surface area contributed by atoms with Crippen LogP contribution in [0.3, 0.4) is 0 Å². The van der Waals surface area contributed by atoms with Gasteiger partial charge in [-0.1, -0.05) is 6.92 Å². The summed E-state index contributed by atoms with van der Waals surface area (Å²) >= 11 is 0. The lowest BCUT2D eigenvalue weighted by Crippen LogP contribution is -2.49. The van der Waals surface area contributed by atoms with E-state index in [1.807, 2.05) is 6.92 Å². The van der Waals surface area contributed by atoms with Gasteiger partial charge in [-0.15, -0.1) is 0 Å². The van der Waals surface area contributed by atoms with E-state index in [1.54, 1.807) is 0 Å². The Labute approximate surface area is 158 Å². The Hall–Kier alpha value is -0.620. The molecule has 1 N–H and O–H groups in total. The van der Waals surface area contributed by atoms with Crippen molar-refractivity contribution in [3.05, 3.63) is 0 Å². The second kappa shape index (κ2) is 7.08. The Kier molecular flexibility index (Phi) is 5.10. The maximum atomic E-state index is 12.7. The molecule has 5 nitrogen and oxygen atoms in total. The molecule has 4 saturated carbocycles. The summed E-state index contributed by atoms with van der Waals surface area (Å²) in [6.07, 6.45) is 11.5. The maximum absolute atomic E-state index is 12.7. The number of carbonyl (C=O) groups excluding carboxylic acids is 1. The molecule has 1 heterocycles. The minimum absolute atomic E-state index is 0.0769. The Morgan fingerprint density at radius 1 is 1.12 bits per heavy atom. The van der Waals surface area contributed by atoms with Gasteiger partial charge in [0.05, 0.1) is 5.75 Å². The van der Waals surface area contributed by atoms with Crippen molar-refractivity contribution in [3.8, 4) is 0 Å². The summed E-state index contributed by atoms with van der Waals surface area (Å²) < 4.78 is 26.2. The SMILES string of the molecule is CCCS(=O)(=O)N1CCCC1C(=O)NCCC12CC3CC(CC(C3)C1)C2. The lowest BCUT2D eigenvalue weighted by molar-refractivity contribution is -0.124. The van der Waals surface area contributed by atoms with Gasteiger partial charge in [-0.2, -0.15) is 4.31 Å². The van der Waals surface area contributed by atoms with Crippen molar-refractivity contribution in [3.63, 3.8) is 0 Å². The minimum Gasteiger partial charge on any atom is -0.355 e. The van der Waals surface area contributed by atoms with Crippen LogP contribution >= 0.6 is 0 Å². The van der Waals surface area contributed by atoms with Crippen LogP contribution in [-0.4, -0.2) is 43.5 Å². The first-order valence-corrected chi connectivity index (χ1v) is 12.3. The molecule has 0 radical (unpaired) electrons. The van der Waals surface area contributed by atoms with Crippen LogP contribution in [-0.2, 0) is 14.8 Å². The Morgan fingerprint density at radius 3 is 2.31 bits per heavy atom. The molecule has 1 amide bonds. The van der Waals surface area contributed by atoms with Gasteiger partial charge in [0, 0.05) is 13.1 Å². The summed E-state index contributed by atoms with van der Waals surface area (Å²) in [5.74, 6) is 2.86. The van der Waals surface area contributed by atoms with Crippen molar-refractivity contribution in [2.45, 2.75) is 77.2 Å². The zero-order valence-electron chi connectivity index (χ0n) is 16.1. The maximum Gasteiger partial charge on any atom is 0.238 e. The van der Waals surface area contributed by atoms with Crippen LogP contribution in [0.5, 0.6) is 0 Å². The summed E-state index contributed by atoms with van der Waals surface area (Å²) in [6.45, 7) is 3.08. The van der Waals surface area contributed by atoms with Gasteiger partial charge in [-0.25, -0.2) is 8.42 Å². The van der Waals surface area contributed by atoms with Crippen LogP contribution < -0.4 is 5.32 Å². The van der Waals surface area contributed by atoms with E-state index in [0.29, 0.717) is 31.3 Å². The third-order valence-electron chi connectivity index (χ3n) is 7.45. The smallest absolute Gasteiger partial charge is 0.238 e. The van der Waals surface area contributed by atoms with Gasteiger partial charge in [0.2, 0.25) is 15.9 Å². The number of nitrogens with zero attached hydrogens (tertiary/aromatic N) is 1. The summed E-state index contributed by atoms with van der Waals surface area (Å²) in [5.41, 5.74) is 0.464. The van der Waals surface area contributed by atoms with E-state index in [-0.39, 0.29) is 11.7 Å². The minimum atomic E-state index is -3.29. The second-order valence-electron chi connectivity index (χ2n) is 9.54. The third kappa shape index (κ3) is 3.56. The molecular formula is C20H34N2O3S. The van der Waals surface area contributed by atoms with Crippen LogP contribution in [0, 0.1) is 23.2 Å². The summed E-state index contributed by atoms with van der Waals surface area (Å²) in [5, 5.41) is 3.10. The number of nitrogens with one attached hydrogen (secondary N) is 1. The van der Waals surface area contributed by atoms with E-state index in [4.69, 9.17) is 0 Å². The van der Waals surface area contributed by atoms with Gasteiger partial charge in [0.1, 0.15) is 6.04 Å². The topological polar surface area (TPSA) is 66.5 Å². The molecule has 1 unspecified atom stereocenters. The van der Waals surface area contributed by atoms with Gasteiger partial charge in [0.15, 0.2) is 0 Å². The fourth-order valence-electron chi connectivity index (χ4n) is 6.88. The first-order valence-electron chi connectivity index (χ1n) is 10.7. The van der Waals surface area contributed by atoms with Crippen molar-refractivity contribution >= 4 is 15.9 Å². The third-order valence-corrected chi connectivity index (χ3v) is 9.52. The zero-order valence-corrected chi connectivity index (χ0v) is 16.9. The molecule has 0 aromatic heterocycles. The quantitative estimate of drug-likeness (QED) is 0.736. The standard InChI is InChI=1S/C20H34N2O3S/c1-2-8-26(24,25)22-7-3-4-18(22)19(23)21-6-5-20-12-15-9-16(13-20)11-17(10-15)14-20/h15-18H,2-14H2,1H3,(H,21,23). The molecule has 1 atom stereocenters. The summed E-state index contributed by atoms with van der Waals surface area (Å²) in [6, 6.07) is -0.483. The normalized spacial score (nSPS) is 39.4. The molecule has 5 aliphatic rings. The fraction of sp³-hybridized carbons (Fsp3) is 0.950. The van der Waals surface area contributed by atoms with Crippen molar-refractivity contribution in [2.24, 2.45) is 23.2 Å². The first kappa shape index (κ1) is 18.7. The van der Waals surface area contributed by atoms with Crippen molar-refractivity contribution < 1.29 is 13.2 Å². The van der Waals surface area contributed by atoms with Crippen molar-refractivity contribution in [1.29, 1.82) is 0 Å². The molecule has 148 valence electrons. The number of hydrogen-bond acceptors (Lipinski definition) is 3. The van der Waals surface area contributed by atoms with Gasteiger partial charge in [-0.05, 0) is 87.4 Å². The van der Waals surface area contributed by atoms with Crippen LogP contribution in [0.15, 0.2) is 0 Å². The Morgan fingerprint density at radius 2 is 1.73 bits per heavy atom. The Bertz CT molecular complexity index is 610. The zero-order chi connectivity index (χ0) is 18.4. The summed E-state index contributed by atoms with van der Waals surface area (Å²) in [7, 11) is -3.29. The predicted octanol–water partition coefficient (Wildman–Crippen LogP) is 2.91. The van der Waals surface area contributed by atoms with E-state index >= 15 is 0 Å². The highest BCUT2D eigenvalue weighted by Crippen LogP contribution is 2.61.